The lowest BCUT2D eigenvalue weighted by atomic mass is 9.96. The van der Waals surface area contributed by atoms with Crippen LogP contribution in [0.2, 0.25) is 0 Å². The van der Waals surface area contributed by atoms with Gasteiger partial charge in [0.2, 0.25) is 23.6 Å². The molecule has 8 N–H and O–H groups in total. The van der Waals surface area contributed by atoms with Gasteiger partial charge in [-0.2, -0.15) is 0 Å². The molecule has 0 aliphatic rings. The third-order valence-electron chi connectivity index (χ3n) is 4.90. The second kappa shape index (κ2) is 13.6. The fourth-order valence-corrected chi connectivity index (χ4v) is 2.73. The lowest BCUT2D eigenvalue weighted by Gasteiger charge is -2.28. The summed E-state index contributed by atoms with van der Waals surface area (Å²) in [5.41, 5.74) is 10.9. The van der Waals surface area contributed by atoms with E-state index >= 15 is 0 Å². The zero-order valence-corrected chi connectivity index (χ0v) is 18.9. The van der Waals surface area contributed by atoms with Crippen molar-refractivity contribution in [3.05, 3.63) is 0 Å². The van der Waals surface area contributed by atoms with Crippen LogP contribution in [0.15, 0.2) is 0 Å². The van der Waals surface area contributed by atoms with E-state index in [0.29, 0.717) is 6.42 Å². The average Bonchev–Trinajstić information content (AvgIpc) is 2.67. The lowest BCUT2D eigenvalue weighted by molar-refractivity contribution is -0.142. The smallest absolute Gasteiger partial charge is 0.325 e. The fraction of sp³-hybridized carbons (Fsp3) is 0.750. The van der Waals surface area contributed by atoms with Crippen LogP contribution in [0.25, 0.3) is 0 Å². The summed E-state index contributed by atoms with van der Waals surface area (Å²) in [7, 11) is 0. The molecule has 0 rings (SSSR count). The van der Waals surface area contributed by atoms with Crippen molar-refractivity contribution >= 4 is 29.6 Å². The molecule has 0 aromatic rings. The van der Waals surface area contributed by atoms with Crippen molar-refractivity contribution in [1.29, 1.82) is 0 Å². The number of primary amides is 1. The Hall–Kier alpha value is -2.69. The highest BCUT2D eigenvalue weighted by atomic mass is 16.4. The molecule has 0 spiro atoms. The van der Waals surface area contributed by atoms with Crippen molar-refractivity contribution in [1.82, 2.24) is 16.0 Å². The number of rotatable bonds is 14. The lowest BCUT2D eigenvalue weighted by Crippen LogP contribution is -2.58. The highest BCUT2D eigenvalue weighted by molar-refractivity contribution is 5.94. The van der Waals surface area contributed by atoms with Crippen molar-refractivity contribution in [2.75, 3.05) is 0 Å². The minimum absolute atomic E-state index is 0.0371. The first kappa shape index (κ1) is 28.3. The number of carboxylic acid groups (broad SMARTS) is 1. The van der Waals surface area contributed by atoms with Crippen molar-refractivity contribution < 1.29 is 29.1 Å². The van der Waals surface area contributed by atoms with Gasteiger partial charge in [-0.1, -0.05) is 34.1 Å². The average molecular weight is 444 g/mol. The quantitative estimate of drug-likeness (QED) is 0.203. The Morgan fingerprint density at radius 1 is 0.903 bits per heavy atom. The van der Waals surface area contributed by atoms with E-state index in [1.54, 1.807) is 6.92 Å². The predicted octanol–water partition coefficient (Wildman–Crippen LogP) is -0.770. The summed E-state index contributed by atoms with van der Waals surface area (Å²) in [4.78, 5) is 59.8. The molecular weight excluding hydrogens is 406 g/mol. The maximum Gasteiger partial charge on any atom is 0.325 e. The molecule has 11 heteroatoms. The molecule has 11 nitrogen and oxygen atoms in total. The van der Waals surface area contributed by atoms with E-state index in [1.807, 2.05) is 20.8 Å². The topological polar surface area (TPSA) is 194 Å². The van der Waals surface area contributed by atoms with E-state index in [-0.39, 0.29) is 31.1 Å². The highest BCUT2D eigenvalue weighted by Gasteiger charge is 2.32. The SMILES string of the molecule is CCC(C)C(NC(=O)C(N)CCC(N)=O)C(=O)NC(CC(C)C)C(=O)NC(C)C(=O)O. The second-order valence-electron chi connectivity index (χ2n) is 8.24. The number of amides is 4. The Morgan fingerprint density at radius 2 is 1.48 bits per heavy atom. The van der Waals surface area contributed by atoms with Crippen LogP contribution in [-0.4, -0.2) is 58.9 Å². The molecule has 178 valence electrons. The fourth-order valence-electron chi connectivity index (χ4n) is 2.73. The van der Waals surface area contributed by atoms with Crippen molar-refractivity contribution in [2.24, 2.45) is 23.3 Å². The number of aliphatic carboxylic acids is 1. The van der Waals surface area contributed by atoms with Crippen LogP contribution in [0.3, 0.4) is 0 Å². The van der Waals surface area contributed by atoms with Gasteiger partial charge in [0.05, 0.1) is 6.04 Å². The van der Waals surface area contributed by atoms with Crippen molar-refractivity contribution in [2.45, 2.75) is 84.5 Å². The summed E-state index contributed by atoms with van der Waals surface area (Å²) in [6, 6.07) is -4.07. The summed E-state index contributed by atoms with van der Waals surface area (Å²) < 4.78 is 0. The third kappa shape index (κ3) is 10.8. The number of hydrogen-bond donors (Lipinski definition) is 6. The van der Waals surface area contributed by atoms with Gasteiger partial charge in [-0.25, -0.2) is 0 Å². The standard InChI is InChI=1S/C20H37N5O6/c1-6-11(4)16(25-17(27)13(21)7-8-15(22)26)19(29)24-14(9-10(2)3)18(28)23-12(5)20(30)31/h10-14,16H,6-9,21H2,1-5H3,(H2,22,26)(H,23,28)(H,24,29)(H,25,27)(H,30,31). The van der Waals surface area contributed by atoms with Crippen LogP contribution in [0, 0.1) is 11.8 Å². The van der Waals surface area contributed by atoms with Gasteiger partial charge in [0.25, 0.3) is 0 Å². The largest absolute Gasteiger partial charge is 0.480 e. The number of carbonyl (C=O) groups excluding carboxylic acids is 4. The number of carboxylic acids is 1. The summed E-state index contributed by atoms with van der Waals surface area (Å²) >= 11 is 0. The molecule has 0 heterocycles. The first-order valence-electron chi connectivity index (χ1n) is 10.5. The summed E-state index contributed by atoms with van der Waals surface area (Å²) in [5, 5.41) is 16.6. The van der Waals surface area contributed by atoms with E-state index in [0.717, 1.165) is 0 Å². The van der Waals surface area contributed by atoms with E-state index in [4.69, 9.17) is 16.6 Å². The van der Waals surface area contributed by atoms with Gasteiger partial charge in [0.1, 0.15) is 18.1 Å². The molecule has 0 saturated heterocycles. The molecular formula is C20H37N5O6. The van der Waals surface area contributed by atoms with Gasteiger partial charge < -0.3 is 32.5 Å². The van der Waals surface area contributed by atoms with Gasteiger partial charge in [-0.3, -0.25) is 24.0 Å². The van der Waals surface area contributed by atoms with Gasteiger partial charge in [-0.05, 0) is 31.6 Å². The summed E-state index contributed by atoms with van der Waals surface area (Å²) in [6.45, 7) is 8.65. The maximum atomic E-state index is 12.9. The van der Waals surface area contributed by atoms with E-state index in [2.05, 4.69) is 16.0 Å². The molecule has 0 aliphatic carbocycles. The molecule has 5 unspecified atom stereocenters. The van der Waals surface area contributed by atoms with Crippen LogP contribution < -0.4 is 27.4 Å². The minimum atomic E-state index is -1.20. The second-order valence-corrected chi connectivity index (χ2v) is 8.24. The van der Waals surface area contributed by atoms with Crippen molar-refractivity contribution in [3.63, 3.8) is 0 Å². The highest BCUT2D eigenvalue weighted by Crippen LogP contribution is 2.11. The van der Waals surface area contributed by atoms with E-state index in [1.165, 1.54) is 6.92 Å². The molecule has 0 aromatic heterocycles. The van der Waals surface area contributed by atoms with E-state index < -0.39 is 53.8 Å². The summed E-state index contributed by atoms with van der Waals surface area (Å²) in [5.74, 6) is -3.82. The maximum absolute atomic E-state index is 12.9. The molecule has 0 aromatic carbocycles. The summed E-state index contributed by atoms with van der Waals surface area (Å²) in [6.07, 6.45) is 0.823. The Bertz CT molecular complexity index is 654. The van der Waals surface area contributed by atoms with Gasteiger partial charge in [0, 0.05) is 6.42 Å². The monoisotopic (exact) mass is 443 g/mol. The zero-order valence-electron chi connectivity index (χ0n) is 18.9. The molecule has 31 heavy (non-hydrogen) atoms. The zero-order chi connectivity index (χ0) is 24.3. The van der Waals surface area contributed by atoms with Crippen LogP contribution in [-0.2, 0) is 24.0 Å². The molecule has 0 saturated carbocycles. The predicted molar refractivity (Wildman–Crippen MR) is 114 cm³/mol. The van der Waals surface area contributed by atoms with Crippen LogP contribution in [0.1, 0.15) is 60.3 Å². The Labute approximate surface area is 183 Å². The van der Waals surface area contributed by atoms with Crippen LogP contribution in [0.4, 0.5) is 0 Å². The number of carbonyl (C=O) groups is 5. The van der Waals surface area contributed by atoms with Gasteiger partial charge >= 0.3 is 5.97 Å². The van der Waals surface area contributed by atoms with Crippen LogP contribution >= 0.6 is 0 Å². The Balaban J connectivity index is 5.37. The van der Waals surface area contributed by atoms with Crippen molar-refractivity contribution in [3.8, 4) is 0 Å². The third-order valence-corrected chi connectivity index (χ3v) is 4.90. The number of nitrogens with one attached hydrogen (secondary N) is 3. The first-order valence-corrected chi connectivity index (χ1v) is 10.5. The first-order chi connectivity index (χ1) is 14.3. The van der Waals surface area contributed by atoms with Gasteiger partial charge in [0.15, 0.2) is 0 Å². The molecule has 5 atom stereocenters. The molecule has 0 aliphatic heterocycles. The number of hydrogen-bond acceptors (Lipinski definition) is 6. The van der Waals surface area contributed by atoms with E-state index in [9.17, 15) is 24.0 Å². The van der Waals surface area contributed by atoms with Gasteiger partial charge in [-0.15, -0.1) is 0 Å². The molecule has 0 fully saturated rings. The van der Waals surface area contributed by atoms with Crippen LogP contribution in [0.5, 0.6) is 0 Å². The Morgan fingerprint density at radius 3 is 1.94 bits per heavy atom. The molecule has 0 radical (unpaired) electrons. The number of nitrogens with two attached hydrogens (primary N) is 2. The Kier molecular flexibility index (Phi) is 12.4. The minimum Gasteiger partial charge on any atom is -0.480 e. The molecule has 0 bridgehead atoms. The molecule has 4 amide bonds. The normalized spacial score (nSPS) is 15.8.